The van der Waals surface area contributed by atoms with Crippen molar-refractivity contribution < 1.29 is 18.9 Å². The van der Waals surface area contributed by atoms with Crippen LogP contribution >= 0.6 is 8.58 Å². The van der Waals surface area contributed by atoms with Crippen LogP contribution in [0.2, 0.25) is 0 Å². The number of hydrogen-bond donors (Lipinski definition) is 0. The Morgan fingerprint density at radius 2 is 0.643 bits per heavy atom. The maximum atomic E-state index is 2.36. The molecule has 0 spiro atoms. The smallest absolute Gasteiger partial charge is 0.122 e. The minimum Gasteiger partial charge on any atom is -0.122 e. The molecule has 0 aromatic heterocycles. The maximum absolute atomic E-state index is 2.36. The molecule has 0 amide bonds. The maximum Gasteiger partial charge on any atom is 1.00 e. The summed E-state index contributed by atoms with van der Waals surface area (Å²) in [6, 6.07) is 0. The Labute approximate surface area is 194 Å². The van der Waals surface area contributed by atoms with Crippen molar-refractivity contribution in [2.45, 2.75) is 144 Å². The Bertz CT molecular complexity index is 271. The normalized spacial score (nSPS) is 12.2. The summed E-state index contributed by atoms with van der Waals surface area (Å²) in [4.78, 5) is 0. The molecule has 0 rings (SSSR count). The molecule has 0 bridgehead atoms. The van der Waals surface area contributed by atoms with E-state index in [1.165, 1.54) is 124 Å². The van der Waals surface area contributed by atoms with Gasteiger partial charge in [-0.2, -0.15) is 0 Å². The van der Waals surface area contributed by atoms with Gasteiger partial charge in [-0.3, -0.25) is 0 Å². The quantitative estimate of drug-likeness (QED) is 0.131. The number of rotatable bonds is 18. The number of unbranched alkanes of at least 4 members (excludes halogenated alkanes) is 12. The fourth-order valence-corrected chi connectivity index (χ4v) is 4.95. The van der Waals surface area contributed by atoms with Crippen molar-refractivity contribution in [3.63, 3.8) is 0 Å². The fraction of sp³-hybridized carbons (Fsp3) is 1.00. The van der Waals surface area contributed by atoms with E-state index in [1.54, 1.807) is 0 Å². The van der Waals surface area contributed by atoms with Crippen LogP contribution in [0.25, 0.3) is 0 Å². The van der Waals surface area contributed by atoms with Gasteiger partial charge in [0, 0.05) is 0 Å². The molecule has 0 aromatic carbocycles. The van der Waals surface area contributed by atoms with Crippen molar-refractivity contribution in [1.29, 1.82) is 0 Å². The molecule has 0 saturated heterocycles. The largest absolute Gasteiger partial charge is 1.00 e. The van der Waals surface area contributed by atoms with Gasteiger partial charge in [-0.05, 0) is 48.8 Å². The van der Waals surface area contributed by atoms with Crippen molar-refractivity contribution in [2.75, 3.05) is 12.3 Å². The van der Waals surface area contributed by atoms with Gasteiger partial charge >= 0.3 is 18.9 Å². The summed E-state index contributed by atoms with van der Waals surface area (Å²) >= 11 is 0. The summed E-state index contributed by atoms with van der Waals surface area (Å²) in [5.41, 5.74) is 1.07. The second kappa shape index (κ2) is 20.0. The molecule has 0 aliphatic heterocycles. The average molecular weight is 406 g/mol. The summed E-state index contributed by atoms with van der Waals surface area (Å²) in [6.45, 7) is 14.2. The zero-order chi connectivity index (χ0) is 20.4. The predicted octanol–water partition coefficient (Wildman–Crippen LogP) is 7.00. The van der Waals surface area contributed by atoms with Crippen LogP contribution < -0.4 is 18.9 Å². The van der Waals surface area contributed by atoms with Gasteiger partial charge in [-0.25, -0.2) is 0 Å². The molecule has 0 atom stereocenters. The molecule has 0 fully saturated rings. The van der Waals surface area contributed by atoms with Crippen LogP contribution in [0.15, 0.2) is 0 Å². The van der Waals surface area contributed by atoms with E-state index in [4.69, 9.17) is 0 Å². The molecule has 0 aliphatic carbocycles. The van der Waals surface area contributed by atoms with E-state index in [0.29, 0.717) is 10.8 Å². The third-order valence-corrected chi connectivity index (χ3v) is 6.97. The standard InChI is InChI=1S/C26H55P.Li/c1-25(2,3)21-17-13-9-7-11-15-19-23-27-24-20-16-12-8-10-14-18-22-26(4,5)6;/h27H,7-24H2,1-6H3;/q;+1. The van der Waals surface area contributed by atoms with Gasteiger partial charge in [0.15, 0.2) is 0 Å². The molecular weight excluding hydrogens is 350 g/mol. The Hall–Kier alpha value is 1.03. The molecule has 0 N–H and O–H groups in total. The van der Waals surface area contributed by atoms with E-state index in [0.717, 1.165) is 0 Å². The first-order valence-electron chi connectivity index (χ1n) is 12.4. The summed E-state index contributed by atoms with van der Waals surface area (Å²) in [5.74, 6) is 0. The zero-order valence-electron chi connectivity index (χ0n) is 21.2. The third-order valence-electron chi connectivity index (χ3n) is 5.56. The zero-order valence-corrected chi connectivity index (χ0v) is 22.2. The predicted molar refractivity (Wildman–Crippen MR) is 131 cm³/mol. The van der Waals surface area contributed by atoms with Gasteiger partial charge in [0.2, 0.25) is 0 Å². The Balaban J connectivity index is 0. The van der Waals surface area contributed by atoms with E-state index in [2.05, 4.69) is 41.5 Å². The molecule has 2 heteroatoms. The molecule has 0 nitrogen and oxygen atoms in total. The van der Waals surface area contributed by atoms with Crippen LogP contribution in [0.5, 0.6) is 0 Å². The SMILES string of the molecule is CC(C)(C)CCCCCCCCCPCCCCCCCCCC(C)(C)C.[Li+]. The van der Waals surface area contributed by atoms with E-state index in [1.807, 2.05) is 0 Å². The summed E-state index contributed by atoms with van der Waals surface area (Å²) in [5, 5.41) is 0. The van der Waals surface area contributed by atoms with E-state index in [9.17, 15) is 0 Å². The van der Waals surface area contributed by atoms with Gasteiger partial charge in [-0.15, -0.1) is 8.58 Å². The van der Waals surface area contributed by atoms with Gasteiger partial charge in [0.1, 0.15) is 0 Å². The van der Waals surface area contributed by atoms with Crippen LogP contribution in [0, 0.1) is 10.8 Å². The van der Waals surface area contributed by atoms with Gasteiger partial charge in [0.05, 0.1) is 0 Å². The third kappa shape index (κ3) is 29.2. The Kier molecular flexibility index (Phi) is 22.3. The Morgan fingerprint density at radius 3 is 0.929 bits per heavy atom. The van der Waals surface area contributed by atoms with Crippen molar-refractivity contribution in [3.05, 3.63) is 0 Å². The average Bonchev–Trinajstić information content (AvgIpc) is 2.55. The Morgan fingerprint density at radius 1 is 0.393 bits per heavy atom. The molecule has 0 aromatic rings. The van der Waals surface area contributed by atoms with Crippen LogP contribution in [-0.4, -0.2) is 12.3 Å². The second-order valence-electron chi connectivity index (χ2n) is 11.3. The van der Waals surface area contributed by atoms with E-state index >= 15 is 0 Å². The molecular formula is C26H55LiP+. The van der Waals surface area contributed by atoms with Crippen LogP contribution in [0.4, 0.5) is 0 Å². The first-order valence-corrected chi connectivity index (χ1v) is 13.8. The summed E-state index contributed by atoms with van der Waals surface area (Å²) in [6.07, 6.45) is 26.4. The molecule has 0 heterocycles. The molecule has 0 aliphatic rings. The van der Waals surface area contributed by atoms with Crippen LogP contribution in [0.1, 0.15) is 144 Å². The van der Waals surface area contributed by atoms with Gasteiger partial charge in [-0.1, -0.05) is 119 Å². The summed E-state index contributed by atoms with van der Waals surface area (Å²) in [7, 11) is 1.24. The van der Waals surface area contributed by atoms with Gasteiger partial charge < -0.3 is 0 Å². The fourth-order valence-electron chi connectivity index (χ4n) is 3.70. The first-order chi connectivity index (χ1) is 12.7. The minimum absolute atomic E-state index is 0. The van der Waals surface area contributed by atoms with Crippen LogP contribution in [0.3, 0.4) is 0 Å². The summed E-state index contributed by atoms with van der Waals surface area (Å²) < 4.78 is 0. The first kappa shape index (κ1) is 31.2. The molecule has 0 saturated carbocycles. The van der Waals surface area contributed by atoms with E-state index < -0.39 is 0 Å². The van der Waals surface area contributed by atoms with Crippen molar-refractivity contribution in [3.8, 4) is 0 Å². The minimum atomic E-state index is 0. The molecule has 164 valence electrons. The molecule has 28 heavy (non-hydrogen) atoms. The molecule has 0 unspecified atom stereocenters. The van der Waals surface area contributed by atoms with E-state index in [-0.39, 0.29) is 18.9 Å². The van der Waals surface area contributed by atoms with Gasteiger partial charge in [0.25, 0.3) is 0 Å². The molecule has 0 radical (unpaired) electrons. The van der Waals surface area contributed by atoms with Crippen molar-refractivity contribution in [2.24, 2.45) is 10.8 Å². The van der Waals surface area contributed by atoms with Crippen LogP contribution in [-0.2, 0) is 0 Å². The number of hydrogen-bond acceptors (Lipinski definition) is 0. The topological polar surface area (TPSA) is 0 Å². The van der Waals surface area contributed by atoms with Crippen molar-refractivity contribution >= 4 is 8.58 Å². The van der Waals surface area contributed by atoms with Crippen molar-refractivity contribution in [1.82, 2.24) is 0 Å². The monoisotopic (exact) mass is 405 g/mol. The second-order valence-corrected chi connectivity index (χ2v) is 12.8.